The zero-order chi connectivity index (χ0) is 12.7. The standard InChI is InChI=1S/C15H18BrClO/c1-18-13-7-6-9(16)8-12(13)15(17)14-10-4-2-3-5-11(10)14/h6-8,10-11,14-15H,2-5H2,1H3. The lowest BCUT2D eigenvalue weighted by Gasteiger charge is -2.14. The van der Waals surface area contributed by atoms with Crippen molar-refractivity contribution >= 4 is 27.5 Å². The summed E-state index contributed by atoms with van der Waals surface area (Å²) in [6, 6.07) is 6.12. The molecule has 0 radical (unpaired) electrons. The summed E-state index contributed by atoms with van der Waals surface area (Å²) in [7, 11) is 1.72. The van der Waals surface area contributed by atoms with Crippen molar-refractivity contribution in [3.8, 4) is 5.75 Å². The van der Waals surface area contributed by atoms with Gasteiger partial charge in [0.25, 0.3) is 0 Å². The fraction of sp³-hybridized carbons (Fsp3) is 0.600. The molecule has 1 aromatic rings. The number of rotatable bonds is 3. The third-order valence-corrected chi connectivity index (χ3v) is 5.57. The molecule has 0 heterocycles. The molecule has 0 N–H and O–H groups in total. The van der Waals surface area contributed by atoms with E-state index in [2.05, 4.69) is 22.0 Å². The number of fused-ring (bicyclic) bond motifs is 1. The van der Waals surface area contributed by atoms with Gasteiger partial charge in [0.15, 0.2) is 0 Å². The first-order valence-electron chi connectivity index (χ1n) is 6.70. The van der Waals surface area contributed by atoms with Crippen LogP contribution < -0.4 is 4.74 Å². The molecular formula is C15H18BrClO. The van der Waals surface area contributed by atoms with Crippen LogP contribution in [0.5, 0.6) is 5.75 Å². The van der Waals surface area contributed by atoms with E-state index in [1.807, 2.05) is 12.1 Å². The normalized spacial score (nSPS) is 31.6. The summed E-state index contributed by atoms with van der Waals surface area (Å²) in [5, 5.41) is 0.102. The Kier molecular flexibility index (Phi) is 3.59. The second-order valence-electron chi connectivity index (χ2n) is 5.48. The van der Waals surface area contributed by atoms with Gasteiger partial charge in [-0.3, -0.25) is 0 Å². The molecule has 2 saturated carbocycles. The lowest BCUT2D eigenvalue weighted by atomic mass is 10.0. The van der Waals surface area contributed by atoms with E-state index < -0.39 is 0 Å². The third-order valence-electron chi connectivity index (χ3n) is 4.55. The molecular weight excluding hydrogens is 312 g/mol. The van der Waals surface area contributed by atoms with Crippen LogP contribution in [0.2, 0.25) is 0 Å². The van der Waals surface area contributed by atoms with Crippen LogP contribution in [0.4, 0.5) is 0 Å². The average Bonchev–Trinajstić information content (AvgIpc) is 3.12. The second kappa shape index (κ2) is 5.05. The van der Waals surface area contributed by atoms with E-state index in [9.17, 15) is 0 Å². The Balaban J connectivity index is 1.84. The fourth-order valence-electron chi connectivity index (χ4n) is 3.61. The summed E-state index contributed by atoms with van der Waals surface area (Å²) in [6.45, 7) is 0. The molecule has 1 nitrogen and oxygen atoms in total. The Morgan fingerprint density at radius 3 is 2.56 bits per heavy atom. The number of alkyl halides is 1. The van der Waals surface area contributed by atoms with Gasteiger partial charge in [0, 0.05) is 10.0 Å². The van der Waals surface area contributed by atoms with E-state index in [1.165, 1.54) is 25.7 Å². The quantitative estimate of drug-likeness (QED) is 0.695. The number of ether oxygens (including phenoxy) is 1. The molecule has 0 bridgehead atoms. The maximum absolute atomic E-state index is 6.73. The first kappa shape index (κ1) is 12.8. The Labute approximate surface area is 122 Å². The highest BCUT2D eigenvalue weighted by molar-refractivity contribution is 9.10. The summed E-state index contributed by atoms with van der Waals surface area (Å²) in [6.07, 6.45) is 5.51. The van der Waals surface area contributed by atoms with Crippen molar-refractivity contribution in [2.24, 2.45) is 17.8 Å². The highest BCUT2D eigenvalue weighted by Crippen LogP contribution is 2.62. The molecule has 3 unspecified atom stereocenters. The first-order chi connectivity index (χ1) is 8.72. The molecule has 0 amide bonds. The molecule has 2 fully saturated rings. The molecule has 18 heavy (non-hydrogen) atoms. The number of hydrogen-bond donors (Lipinski definition) is 0. The van der Waals surface area contributed by atoms with Crippen LogP contribution in [0.1, 0.15) is 36.6 Å². The van der Waals surface area contributed by atoms with Crippen LogP contribution in [-0.4, -0.2) is 7.11 Å². The number of halogens is 2. The van der Waals surface area contributed by atoms with Crippen molar-refractivity contribution in [2.75, 3.05) is 7.11 Å². The maximum atomic E-state index is 6.73. The molecule has 3 heteroatoms. The summed E-state index contributed by atoms with van der Waals surface area (Å²) < 4.78 is 6.52. The van der Waals surface area contributed by atoms with Crippen molar-refractivity contribution in [1.82, 2.24) is 0 Å². The third kappa shape index (κ3) is 2.18. The van der Waals surface area contributed by atoms with Crippen molar-refractivity contribution in [1.29, 1.82) is 0 Å². The highest BCUT2D eigenvalue weighted by atomic mass is 79.9. The molecule has 3 rings (SSSR count). The molecule has 3 atom stereocenters. The van der Waals surface area contributed by atoms with Gasteiger partial charge >= 0.3 is 0 Å². The Bertz CT molecular complexity index is 436. The largest absolute Gasteiger partial charge is 0.496 e. The monoisotopic (exact) mass is 328 g/mol. The van der Waals surface area contributed by atoms with Gasteiger partial charge in [-0.15, -0.1) is 11.6 Å². The maximum Gasteiger partial charge on any atom is 0.123 e. The van der Waals surface area contributed by atoms with Gasteiger partial charge in [-0.2, -0.15) is 0 Å². The van der Waals surface area contributed by atoms with Crippen LogP contribution in [-0.2, 0) is 0 Å². The van der Waals surface area contributed by atoms with Gasteiger partial charge in [0.1, 0.15) is 5.75 Å². The van der Waals surface area contributed by atoms with Gasteiger partial charge in [-0.1, -0.05) is 28.8 Å². The van der Waals surface area contributed by atoms with E-state index in [0.29, 0.717) is 5.92 Å². The summed E-state index contributed by atoms with van der Waals surface area (Å²) in [4.78, 5) is 0. The molecule has 2 aliphatic rings. The van der Waals surface area contributed by atoms with Crippen molar-refractivity contribution < 1.29 is 4.74 Å². The van der Waals surface area contributed by atoms with Gasteiger partial charge < -0.3 is 4.74 Å². The molecule has 0 aliphatic heterocycles. The topological polar surface area (TPSA) is 9.23 Å². The number of methoxy groups -OCH3 is 1. The number of hydrogen-bond acceptors (Lipinski definition) is 1. The van der Waals surface area contributed by atoms with E-state index in [-0.39, 0.29) is 5.38 Å². The molecule has 0 saturated heterocycles. The van der Waals surface area contributed by atoms with Crippen molar-refractivity contribution in [2.45, 2.75) is 31.1 Å². The predicted molar refractivity (Wildman–Crippen MR) is 78.2 cm³/mol. The summed E-state index contributed by atoms with van der Waals surface area (Å²) in [5.41, 5.74) is 1.15. The zero-order valence-corrected chi connectivity index (χ0v) is 12.9. The molecule has 0 aromatic heterocycles. The SMILES string of the molecule is COc1ccc(Br)cc1C(Cl)C1C2CCCCC21. The Hall–Kier alpha value is -0.210. The van der Waals surface area contributed by atoms with Gasteiger partial charge in [-0.25, -0.2) is 0 Å². The highest BCUT2D eigenvalue weighted by Gasteiger charge is 2.54. The van der Waals surface area contributed by atoms with E-state index in [1.54, 1.807) is 7.11 Å². The second-order valence-corrected chi connectivity index (χ2v) is 6.86. The van der Waals surface area contributed by atoms with Crippen LogP contribution in [0, 0.1) is 17.8 Å². The van der Waals surface area contributed by atoms with E-state index in [4.69, 9.17) is 16.3 Å². The minimum atomic E-state index is 0.102. The van der Waals surface area contributed by atoms with Gasteiger partial charge in [0.2, 0.25) is 0 Å². The fourth-order valence-corrected chi connectivity index (χ4v) is 4.53. The average molecular weight is 330 g/mol. The Morgan fingerprint density at radius 1 is 1.28 bits per heavy atom. The van der Waals surface area contributed by atoms with Crippen LogP contribution in [0.3, 0.4) is 0 Å². The summed E-state index contributed by atoms with van der Waals surface area (Å²) in [5.74, 6) is 3.31. The zero-order valence-electron chi connectivity index (χ0n) is 10.5. The van der Waals surface area contributed by atoms with Gasteiger partial charge in [0.05, 0.1) is 12.5 Å². The van der Waals surface area contributed by atoms with Crippen molar-refractivity contribution in [3.05, 3.63) is 28.2 Å². The molecule has 98 valence electrons. The summed E-state index contributed by atoms with van der Waals surface area (Å²) >= 11 is 10.3. The minimum Gasteiger partial charge on any atom is -0.496 e. The van der Waals surface area contributed by atoms with Gasteiger partial charge in [-0.05, 0) is 48.8 Å². The van der Waals surface area contributed by atoms with Crippen LogP contribution in [0.25, 0.3) is 0 Å². The van der Waals surface area contributed by atoms with Crippen molar-refractivity contribution in [3.63, 3.8) is 0 Å². The molecule has 0 spiro atoms. The van der Waals surface area contributed by atoms with Crippen LogP contribution in [0.15, 0.2) is 22.7 Å². The van der Waals surface area contributed by atoms with E-state index >= 15 is 0 Å². The number of benzene rings is 1. The first-order valence-corrected chi connectivity index (χ1v) is 7.93. The van der Waals surface area contributed by atoms with Crippen LogP contribution >= 0.6 is 27.5 Å². The predicted octanol–water partition coefficient (Wildman–Crippen LogP) is 5.17. The lowest BCUT2D eigenvalue weighted by molar-refractivity contribution is 0.407. The minimum absolute atomic E-state index is 0.102. The lowest BCUT2D eigenvalue weighted by Crippen LogP contribution is -1.99. The smallest absolute Gasteiger partial charge is 0.123 e. The Morgan fingerprint density at radius 2 is 1.94 bits per heavy atom. The van der Waals surface area contributed by atoms with E-state index in [0.717, 1.165) is 27.6 Å². The molecule has 1 aromatic carbocycles. The molecule has 2 aliphatic carbocycles.